The number of ether oxygens (including phenoxy) is 1. The molecule has 1 aliphatic heterocycles. The summed E-state index contributed by atoms with van der Waals surface area (Å²) >= 11 is 7.98. The van der Waals surface area contributed by atoms with E-state index in [-0.39, 0.29) is 0 Å². The van der Waals surface area contributed by atoms with E-state index in [2.05, 4.69) is 33.2 Å². The first-order valence-electron chi connectivity index (χ1n) is 7.13. The van der Waals surface area contributed by atoms with E-state index >= 15 is 0 Å². The van der Waals surface area contributed by atoms with Crippen molar-refractivity contribution in [2.75, 3.05) is 18.1 Å². The first kappa shape index (κ1) is 14.8. The Morgan fingerprint density at radius 1 is 1.48 bits per heavy atom. The summed E-state index contributed by atoms with van der Waals surface area (Å²) in [5.41, 5.74) is 1.40. The van der Waals surface area contributed by atoms with E-state index in [0.717, 1.165) is 18.8 Å². The number of thiophene rings is 1. The average molecular weight is 324 g/mol. The van der Waals surface area contributed by atoms with Gasteiger partial charge in [-0.25, -0.2) is 9.97 Å². The fraction of sp³-hybridized carbons (Fsp3) is 0.467. The Bertz CT molecular complexity index is 631. The molecule has 1 aliphatic rings. The minimum absolute atomic E-state index is 0.311. The summed E-state index contributed by atoms with van der Waals surface area (Å²) in [5.74, 6) is 1.52. The molecule has 0 fully saturated rings. The van der Waals surface area contributed by atoms with Gasteiger partial charge in [0.1, 0.15) is 17.6 Å². The molecule has 2 aromatic rings. The number of nitrogens with zero attached hydrogens (tertiary/aromatic N) is 3. The average Bonchev–Trinajstić information content (AvgIpc) is 2.94. The maximum atomic E-state index is 6.14. The van der Waals surface area contributed by atoms with E-state index in [1.165, 1.54) is 10.4 Å². The highest BCUT2D eigenvalue weighted by Crippen LogP contribution is 2.35. The molecule has 21 heavy (non-hydrogen) atoms. The Morgan fingerprint density at radius 3 is 3.14 bits per heavy atom. The Kier molecular flexibility index (Phi) is 4.42. The topological polar surface area (TPSA) is 38.2 Å². The maximum absolute atomic E-state index is 6.14. The monoisotopic (exact) mass is 323 g/mol. The maximum Gasteiger partial charge on any atom is 0.158 e. The molecule has 3 rings (SSSR count). The number of hydrogen-bond donors (Lipinski definition) is 0. The van der Waals surface area contributed by atoms with Crippen LogP contribution in [-0.2, 0) is 17.8 Å². The van der Waals surface area contributed by atoms with Gasteiger partial charge in [-0.2, -0.15) is 0 Å². The standard InChI is InChI=1S/C15H18ClN3OS/c1-3-20-9-14-17-13(16)8-15(18-14)19-6-4-12-11(10(19)2)5-7-21-12/h5,7-8,10H,3-4,6,9H2,1-2H3. The molecular formula is C15H18ClN3OS. The van der Waals surface area contributed by atoms with Crippen LogP contribution in [0.5, 0.6) is 0 Å². The molecule has 1 unspecified atom stereocenters. The zero-order chi connectivity index (χ0) is 14.8. The van der Waals surface area contributed by atoms with Gasteiger partial charge in [0.05, 0.1) is 6.04 Å². The zero-order valence-electron chi connectivity index (χ0n) is 12.2. The van der Waals surface area contributed by atoms with E-state index in [4.69, 9.17) is 16.3 Å². The Labute approximate surface area is 133 Å². The number of fused-ring (bicyclic) bond motifs is 1. The van der Waals surface area contributed by atoms with Crippen molar-refractivity contribution in [3.63, 3.8) is 0 Å². The fourth-order valence-corrected chi connectivity index (χ4v) is 3.84. The quantitative estimate of drug-likeness (QED) is 0.801. The molecule has 0 bridgehead atoms. The third-order valence-electron chi connectivity index (χ3n) is 3.73. The largest absolute Gasteiger partial charge is 0.374 e. The molecule has 0 saturated carbocycles. The van der Waals surface area contributed by atoms with Crippen LogP contribution >= 0.6 is 22.9 Å². The Morgan fingerprint density at radius 2 is 2.33 bits per heavy atom. The lowest BCUT2D eigenvalue weighted by atomic mass is 10.0. The van der Waals surface area contributed by atoms with Gasteiger partial charge in [-0.05, 0) is 37.3 Å². The van der Waals surface area contributed by atoms with Crippen molar-refractivity contribution >= 4 is 28.8 Å². The van der Waals surface area contributed by atoms with Crippen molar-refractivity contribution in [1.29, 1.82) is 0 Å². The van der Waals surface area contributed by atoms with Gasteiger partial charge >= 0.3 is 0 Å². The van der Waals surface area contributed by atoms with Gasteiger partial charge in [0, 0.05) is 24.1 Å². The predicted molar refractivity (Wildman–Crippen MR) is 86.2 cm³/mol. The molecule has 0 spiro atoms. The lowest BCUT2D eigenvalue weighted by Gasteiger charge is -2.34. The van der Waals surface area contributed by atoms with Gasteiger partial charge in [0.25, 0.3) is 0 Å². The van der Waals surface area contributed by atoms with Crippen LogP contribution in [0, 0.1) is 0 Å². The fourth-order valence-electron chi connectivity index (χ4n) is 2.68. The van der Waals surface area contributed by atoms with Crippen molar-refractivity contribution in [2.24, 2.45) is 0 Å². The van der Waals surface area contributed by atoms with Gasteiger partial charge < -0.3 is 9.64 Å². The van der Waals surface area contributed by atoms with Crippen molar-refractivity contribution in [1.82, 2.24) is 9.97 Å². The van der Waals surface area contributed by atoms with Crippen LogP contribution < -0.4 is 4.90 Å². The summed E-state index contributed by atoms with van der Waals surface area (Å²) in [7, 11) is 0. The molecule has 2 aromatic heterocycles. The SMILES string of the molecule is CCOCc1nc(Cl)cc(N2CCc3sccc3C2C)n1. The number of rotatable bonds is 4. The summed E-state index contributed by atoms with van der Waals surface area (Å²) in [5, 5.41) is 2.64. The molecule has 4 nitrogen and oxygen atoms in total. The molecule has 3 heterocycles. The zero-order valence-corrected chi connectivity index (χ0v) is 13.7. The van der Waals surface area contributed by atoms with Gasteiger partial charge in [0.2, 0.25) is 0 Å². The van der Waals surface area contributed by atoms with E-state index in [0.29, 0.717) is 30.2 Å². The number of anilines is 1. The van der Waals surface area contributed by atoms with Crippen LogP contribution in [0.4, 0.5) is 5.82 Å². The minimum atomic E-state index is 0.311. The van der Waals surface area contributed by atoms with Gasteiger partial charge in [-0.3, -0.25) is 0 Å². The van der Waals surface area contributed by atoms with Gasteiger partial charge in [0.15, 0.2) is 5.82 Å². The summed E-state index contributed by atoms with van der Waals surface area (Å²) in [6.07, 6.45) is 1.06. The van der Waals surface area contributed by atoms with E-state index in [1.807, 2.05) is 24.3 Å². The highest BCUT2D eigenvalue weighted by molar-refractivity contribution is 7.10. The highest BCUT2D eigenvalue weighted by atomic mass is 35.5. The molecule has 0 amide bonds. The van der Waals surface area contributed by atoms with Crippen LogP contribution in [0.25, 0.3) is 0 Å². The summed E-state index contributed by atoms with van der Waals surface area (Å²) in [6, 6.07) is 4.36. The molecule has 0 aromatic carbocycles. The van der Waals surface area contributed by atoms with Crippen molar-refractivity contribution < 1.29 is 4.74 Å². The summed E-state index contributed by atoms with van der Waals surface area (Å²) in [4.78, 5) is 12.6. The number of aromatic nitrogens is 2. The van der Waals surface area contributed by atoms with Crippen LogP contribution in [0.15, 0.2) is 17.5 Å². The van der Waals surface area contributed by atoms with Crippen molar-refractivity contribution in [2.45, 2.75) is 32.9 Å². The van der Waals surface area contributed by atoms with Crippen LogP contribution in [0.3, 0.4) is 0 Å². The van der Waals surface area contributed by atoms with Gasteiger partial charge in [-0.15, -0.1) is 11.3 Å². The van der Waals surface area contributed by atoms with Crippen LogP contribution in [0.2, 0.25) is 5.15 Å². The minimum Gasteiger partial charge on any atom is -0.374 e. The van der Waals surface area contributed by atoms with Crippen molar-refractivity contribution in [3.05, 3.63) is 38.9 Å². The first-order chi connectivity index (χ1) is 10.2. The smallest absolute Gasteiger partial charge is 0.158 e. The Hall–Kier alpha value is -1.17. The lowest BCUT2D eigenvalue weighted by Crippen LogP contribution is -2.34. The lowest BCUT2D eigenvalue weighted by molar-refractivity contribution is 0.128. The molecule has 0 radical (unpaired) electrons. The second-order valence-electron chi connectivity index (χ2n) is 5.02. The second-order valence-corrected chi connectivity index (χ2v) is 6.41. The summed E-state index contributed by atoms with van der Waals surface area (Å²) < 4.78 is 5.39. The number of halogens is 1. The second kappa shape index (κ2) is 6.30. The normalized spacial score (nSPS) is 17.9. The molecule has 0 saturated heterocycles. The van der Waals surface area contributed by atoms with Crippen LogP contribution in [0.1, 0.15) is 36.2 Å². The Balaban J connectivity index is 1.88. The predicted octanol–water partition coefficient (Wildman–Crippen LogP) is 3.85. The van der Waals surface area contributed by atoms with Crippen LogP contribution in [-0.4, -0.2) is 23.1 Å². The third-order valence-corrected chi connectivity index (χ3v) is 4.92. The highest BCUT2D eigenvalue weighted by Gasteiger charge is 2.26. The molecular weight excluding hydrogens is 306 g/mol. The first-order valence-corrected chi connectivity index (χ1v) is 8.39. The molecule has 1 atom stereocenters. The van der Waals surface area contributed by atoms with E-state index < -0.39 is 0 Å². The third kappa shape index (κ3) is 3.05. The molecule has 112 valence electrons. The van der Waals surface area contributed by atoms with E-state index in [1.54, 1.807) is 0 Å². The molecule has 0 N–H and O–H groups in total. The van der Waals surface area contributed by atoms with Crippen molar-refractivity contribution in [3.8, 4) is 0 Å². The van der Waals surface area contributed by atoms with E-state index in [9.17, 15) is 0 Å². The summed E-state index contributed by atoms with van der Waals surface area (Å²) in [6.45, 7) is 6.16. The number of hydrogen-bond acceptors (Lipinski definition) is 5. The van der Waals surface area contributed by atoms with Gasteiger partial charge in [-0.1, -0.05) is 11.6 Å². The molecule has 0 aliphatic carbocycles. The molecule has 6 heteroatoms.